The van der Waals surface area contributed by atoms with E-state index in [2.05, 4.69) is 10.6 Å². The number of amides is 2. The first kappa shape index (κ1) is 17.7. The molecular weight excluding hydrogens is 326 g/mol. The third kappa shape index (κ3) is 4.20. The summed E-state index contributed by atoms with van der Waals surface area (Å²) in [5.41, 5.74) is 2.38. The van der Waals surface area contributed by atoms with Crippen LogP contribution in [0.4, 0.5) is 5.69 Å². The molecule has 2 aromatic carbocycles. The molecule has 0 unspecified atom stereocenters. The van der Waals surface area contributed by atoms with Crippen LogP contribution < -0.4 is 10.6 Å². The Labute approximate surface area is 145 Å². The number of aryl methyl sites for hydroxylation is 1. The molecule has 0 radical (unpaired) electrons. The van der Waals surface area contributed by atoms with E-state index >= 15 is 0 Å². The summed E-state index contributed by atoms with van der Waals surface area (Å²) >= 11 is 5.96. The molecule has 0 aliphatic rings. The lowest BCUT2D eigenvalue weighted by Crippen LogP contribution is -2.23. The van der Waals surface area contributed by atoms with Crippen LogP contribution in [-0.2, 0) is 4.79 Å². The first-order valence-corrected chi connectivity index (χ1v) is 7.75. The summed E-state index contributed by atoms with van der Waals surface area (Å²) in [5, 5.41) is 14.0. The fourth-order valence-corrected chi connectivity index (χ4v) is 2.38. The van der Waals surface area contributed by atoms with Crippen molar-refractivity contribution < 1.29 is 9.59 Å². The molecule has 2 amide bonds. The molecule has 0 aliphatic heterocycles. The second kappa shape index (κ2) is 7.75. The zero-order chi connectivity index (χ0) is 17.7. The molecule has 0 atom stereocenters. The molecule has 0 bridgehead atoms. The van der Waals surface area contributed by atoms with Gasteiger partial charge in [-0.1, -0.05) is 29.8 Å². The second-order valence-corrected chi connectivity index (χ2v) is 5.70. The van der Waals surface area contributed by atoms with E-state index in [4.69, 9.17) is 17.0 Å². The Morgan fingerprint density at radius 2 is 1.79 bits per heavy atom. The molecule has 24 heavy (non-hydrogen) atoms. The number of rotatable bonds is 5. The predicted octanol–water partition coefficient (Wildman–Crippen LogP) is 3.40. The van der Waals surface area contributed by atoms with Crippen molar-refractivity contribution in [3.63, 3.8) is 0 Å². The van der Waals surface area contributed by atoms with Gasteiger partial charge in [0.05, 0.1) is 6.42 Å². The quantitative estimate of drug-likeness (QED) is 0.727. The standard InChI is InChI=1S/C18H18ClN3O2/c1-11-9-12(7-8-15(11)19)22-17(23)10-16(20)13-5-3-4-6-14(13)18(24)21-2/h3-9,20H,10H2,1-2H3,(H,21,24)(H,22,23). The maximum atomic E-state index is 12.2. The van der Waals surface area contributed by atoms with Crippen LogP contribution in [-0.4, -0.2) is 24.6 Å². The lowest BCUT2D eigenvalue weighted by atomic mass is 10.00. The zero-order valence-corrected chi connectivity index (χ0v) is 14.2. The molecule has 3 N–H and O–H groups in total. The van der Waals surface area contributed by atoms with Crippen molar-refractivity contribution >= 4 is 34.8 Å². The average Bonchev–Trinajstić information content (AvgIpc) is 2.57. The van der Waals surface area contributed by atoms with Crippen molar-refractivity contribution in [3.05, 3.63) is 64.2 Å². The third-order valence-electron chi connectivity index (χ3n) is 3.50. The summed E-state index contributed by atoms with van der Waals surface area (Å²) in [6.45, 7) is 1.85. The maximum Gasteiger partial charge on any atom is 0.251 e. The van der Waals surface area contributed by atoms with Gasteiger partial charge in [0, 0.05) is 34.6 Å². The van der Waals surface area contributed by atoms with Crippen molar-refractivity contribution in [3.8, 4) is 0 Å². The highest BCUT2D eigenvalue weighted by Gasteiger charge is 2.15. The summed E-state index contributed by atoms with van der Waals surface area (Å²) in [6.07, 6.45) is -0.129. The zero-order valence-electron chi connectivity index (χ0n) is 13.4. The van der Waals surface area contributed by atoms with Crippen LogP contribution in [0.15, 0.2) is 42.5 Å². The summed E-state index contributed by atoms with van der Waals surface area (Å²) in [4.78, 5) is 24.0. The molecule has 0 spiro atoms. The molecule has 5 nitrogen and oxygen atoms in total. The summed E-state index contributed by atoms with van der Waals surface area (Å²) in [7, 11) is 1.53. The van der Waals surface area contributed by atoms with Crippen molar-refractivity contribution in [2.45, 2.75) is 13.3 Å². The van der Waals surface area contributed by atoms with Gasteiger partial charge in [-0.25, -0.2) is 0 Å². The molecule has 0 fully saturated rings. The van der Waals surface area contributed by atoms with Gasteiger partial charge in [0.2, 0.25) is 5.91 Å². The lowest BCUT2D eigenvalue weighted by Gasteiger charge is -2.11. The Balaban J connectivity index is 2.11. The highest BCUT2D eigenvalue weighted by Crippen LogP contribution is 2.20. The predicted molar refractivity (Wildman–Crippen MR) is 96.1 cm³/mol. The van der Waals surface area contributed by atoms with E-state index in [1.165, 1.54) is 7.05 Å². The Morgan fingerprint density at radius 3 is 2.42 bits per heavy atom. The van der Waals surface area contributed by atoms with Gasteiger partial charge in [0.25, 0.3) is 5.91 Å². The van der Waals surface area contributed by atoms with E-state index in [9.17, 15) is 9.59 Å². The van der Waals surface area contributed by atoms with Crippen LogP contribution in [0.2, 0.25) is 5.02 Å². The highest BCUT2D eigenvalue weighted by atomic mass is 35.5. The molecule has 0 heterocycles. The van der Waals surface area contributed by atoms with E-state index in [-0.39, 0.29) is 23.9 Å². The normalized spacial score (nSPS) is 10.1. The summed E-state index contributed by atoms with van der Waals surface area (Å²) < 4.78 is 0. The molecule has 2 aromatic rings. The largest absolute Gasteiger partial charge is 0.355 e. The minimum absolute atomic E-state index is 0.0809. The van der Waals surface area contributed by atoms with E-state index < -0.39 is 0 Å². The molecule has 0 aromatic heterocycles. The molecule has 0 saturated heterocycles. The Kier molecular flexibility index (Phi) is 5.71. The van der Waals surface area contributed by atoms with Crippen molar-refractivity contribution in [2.24, 2.45) is 0 Å². The van der Waals surface area contributed by atoms with Crippen molar-refractivity contribution in [1.29, 1.82) is 5.41 Å². The number of halogens is 1. The molecular formula is C18H18ClN3O2. The van der Waals surface area contributed by atoms with Crippen LogP contribution >= 0.6 is 11.6 Å². The van der Waals surface area contributed by atoms with Crippen LogP contribution in [0, 0.1) is 12.3 Å². The number of hydrogen-bond acceptors (Lipinski definition) is 3. The number of hydrogen-bond donors (Lipinski definition) is 3. The first-order valence-electron chi connectivity index (χ1n) is 7.37. The van der Waals surface area contributed by atoms with Crippen molar-refractivity contribution in [1.82, 2.24) is 5.32 Å². The van der Waals surface area contributed by atoms with Gasteiger partial charge in [-0.3, -0.25) is 9.59 Å². The van der Waals surface area contributed by atoms with E-state index in [0.29, 0.717) is 21.8 Å². The van der Waals surface area contributed by atoms with E-state index in [1.54, 1.807) is 42.5 Å². The number of carbonyl (C=O) groups excluding carboxylic acids is 2. The topological polar surface area (TPSA) is 82.1 Å². The van der Waals surface area contributed by atoms with Crippen LogP contribution in [0.5, 0.6) is 0 Å². The smallest absolute Gasteiger partial charge is 0.251 e. The summed E-state index contributed by atoms with van der Waals surface area (Å²) in [5.74, 6) is -0.613. The first-order chi connectivity index (χ1) is 11.4. The number of anilines is 1. The van der Waals surface area contributed by atoms with Gasteiger partial charge in [0.15, 0.2) is 0 Å². The fraction of sp³-hybridized carbons (Fsp3) is 0.167. The summed E-state index contributed by atoms with van der Waals surface area (Å²) in [6, 6.07) is 11.9. The molecule has 2 rings (SSSR count). The van der Waals surface area contributed by atoms with E-state index in [0.717, 1.165) is 5.56 Å². The SMILES string of the molecule is CNC(=O)c1ccccc1C(=N)CC(=O)Nc1ccc(Cl)c(C)c1. The van der Waals surface area contributed by atoms with Crippen LogP contribution in [0.3, 0.4) is 0 Å². The van der Waals surface area contributed by atoms with E-state index in [1.807, 2.05) is 6.92 Å². The highest BCUT2D eigenvalue weighted by molar-refractivity contribution is 6.31. The number of benzene rings is 2. The maximum absolute atomic E-state index is 12.2. The van der Waals surface area contributed by atoms with Crippen LogP contribution in [0.1, 0.15) is 27.9 Å². The number of nitrogens with one attached hydrogen (secondary N) is 3. The molecule has 6 heteroatoms. The molecule has 0 saturated carbocycles. The fourth-order valence-electron chi connectivity index (χ4n) is 2.26. The molecule has 124 valence electrons. The average molecular weight is 344 g/mol. The second-order valence-electron chi connectivity index (χ2n) is 5.29. The Morgan fingerprint density at radius 1 is 1.12 bits per heavy atom. The lowest BCUT2D eigenvalue weighted by molar-refractivity contribution is -0.115. The van der Waals surface area contributed by atoms with Gasteiger partial charge in [-0.2, -0.15) is 0 Å². The Bertz CT molecular complexity index is 803. The third-order valence-corrected chi connectivity index (χ3v) is 3.93. The monoisotopic (exact) mass is 343 g/mol. The van der Waals surface area contributed by atoms with Gasteiger partial charge < -0.3 is 16.0 Å². The van der Waals surface area contributed by atoms with Gasteiger partial charge in [0.1, 0.15) is 0 Å². The van der Waals surface area contributed by atoms with Crippen molar-refractivity contribution in [2.75, 3.05) is 12.4 Å². The van der Waals surface area contributed by atoms with Gasteiger partial charge >= 0.3 is 0 Å². The minimum Gasteiger partial charge on any atom is -0.355 e. The minimum atomic E-state index is -0.326. The van der Waals surface area contributed by atoms with Gasteiger partial charge in [-0.15, -0.1) is 0 Å². The Hall–Kier alpha value is -2.66. The van der Waals surface area contributed by atoms with Crippen LogP contribution in [0.25, 0.3) is 0 Å². The number of carbonyl (C=O) groups is 2. The van der Waals surface area contributed by atoms with Gasteiger partial charge in [-0.05, 0) is 36.8 Å². The molecule has 0 aliphatic carbocycles.